The molecule has 1 heterocycles. The van der Waals surface area contributed by atoms with Crippen molar-refractivity contribution in [3.05, 3.63) is 28.5 Å². The van der Waals surface area contributed by atoms with Crippen LogP contribution in [0.15, 0.2) is 12.3 Å². The molecule has 0 aliphatic heterocycles. The van der Waals surface area contributed by atoms with Gasteiger partial charge in [-0.3, -0.25) is 0 Å². The van der Waals surface area contributed by atoms with E-state index in [4.69, 9.17) is 16.9 Å². The van der Waals surface area contributed by atoms with Gasteiger partial charge in [-0.15, -0.1) is 0 Å². The van der Waals surface area contributed by atoms with Gasteiger partial charge in [0.05, 0.1) is 5.02 Å². The normalized spacial score (nSPS) is 18.4. The van der Waals surface area contributed by atoms with E-state index in [1.165, 1.54) is 12.3 Å². The number of hydrogen-bond acceptors (Lipinski definition) is 2. The Morgan fingerprint density at radius 3 is 2.71 bits per heavy atom. The molecule has 0 saturated heterocycles. The Bertz CT molecular complexity index is 407. The van der Waals surface area contributed by atoms with Crippen LogP contribution in [0.2, 0.25) is 5.02 Å². The number of alkyl halides is 1. The predicted octanol–water partition coefficient (Wildman–Crippen LogP) is 2.96. The molecule has 0 atom stereocenters. The summed E-state index contributed by atoms with van der Waals surface area (Å²) in [7, 11) is 0. The van der Waals surface area contributed by atoms with Crippen molar-refractivity contribution in [1.29, 1.82) is 5.26 Å². The van der Waals surface area contributed by atoms with Gasteiger partial charge in [-0.2, -0.15) is 5.26 Å². The minimum absolute atomic E-state index is 0.224. The molecular formula is C10H8ClFN2. The maximum absolute atomic E-state index is 13.9. The van der Waals surface area contributed by atoms with Gasteiger partial charge in [0.1, 0.15) is 17.4 Å². The number of rotatable bonds is 1. The summed E-state index contributed by atoms with van der Waals surface area (Å²) in [6.07, 6.45) is 3.26. The van der Waals surface area contributed by atoms with Crippen LogP contribution in [0.3, 0.4) is 0 Å². The molecule has 1 aromatic rings. The van der Waals surface area contributed by atoms with E-state index in [1.54, 1.807) is 0 Å². The molecule has 0 bridgehead atoms. The fourth-order valence-corrected chi connectivity index (χ4v) is 1.90. The molecule has 1 saturated carbocycles. The number of halogens is 2. The summed E-state index contributed by atoms with van der Waals surface area (Å²) in [6.45, 7) is 0. The second kappa shape index (κ2) is 3.21. The molecule has 0 radical (unpaired) electrons. The molecule has 72 valence electrons. The van der Waals surface area contributed by atoms with E-state index >= 15 is 0 Å². The molecule has 1 aliphatic rings. The number of aromatic nitrogens is 1. The first-order valence-corrected chi connectivity index (χ1v) is 4.78. The van der Waals surface area contributed by atoms with E-state index in [9.17, 15) is 4.39 Å². The van der Waals surface area contributed by atoms with Crippen LogP contribution in [0.4, 0.5) is 4.39 Å². The maximum Gasteiger partial charge on any atom is 0.141 e. The summed E-state index contributed by atoms with van der Waals surface area (Å²) in [4.78, 5) is 3.82. The van der Waals surface area contributed by atoms with Crippen LogP contribution in [-0.4, -0.2) is 4.98 Å². The molecule has 1 aliphatic carbocycles. The standard InChI is InChI=1S/C10H8ClFN2/c11-9-4-7(5-13)14-6-8(9)10(12)2-1-3-10/h4,6H,1-3H2. The third-order valence-corrected chi connectivity index (χ3v) is 2.91. The summed E-state index contributed by atoms with van der Waals surface area (Å²) in [6, 6.07) is 3.28. The first kappa shape index (κ1) is 9.42. The monoisotopic (exact) mass is 210 g/mol. The third-order valence-electron chi connectivity index (χ3n) is 2.60. The van der Waals surface area contributed by atoms with Crippen molar-refractivity contribution in [3.63, 3.8) is 0 Å². The highest BCUT2D eigenvalue weighted by molar-refractivity contribution is 6.31. The van der Waals surface area contributed by atoms with Crippen LogP contribution in [0, 0.1) is 11.3 Å². The van der Waals surface area contributed by atoms with E-state index in [0.29, 0.717) is 23.4 Å². The Kier molecular flexibility index (Phi) is 2.16. The summed E-state index contributed by atoms with van der Waals surface area (Å²) in [5.41, 5.74) is -0.663. The summed E-state index contributed by atoms with van der Waals surface area (Å²) in [5, 5.41) is 8.87. The number of nitriles is 1. The van der Waals surface area contributed by atoms with Crippen LogP contribution < -0.4 is 0 Å². The van der Waals surface area contributed by atoms with Crippen molar-refractivity contribution in [2.24, 2.45) is 0 Å². The van der Waals surface area contributed by atoms with Crippen molar-refractivity contribution >= 4 is 11.6 Å². The summed E-state index contributed by atoms with van der Waals surface area (Å²) >= 11 is 5.87. The van der Waals surface area contributed by atoms with Crippen molar-refractivity contribution in [2.75, 3.05) is 0 Å². The van der Waals surface area contributed by atoms with E-state index in [-0.39, 0.29) is 5.69 Å². The molecule has 0 amide bonds. The van der Waals surface area contributed by atoms with Gasteiger partial charge in [0.2, 0.25) is 0 Å². The van der Waals surface area contributed by atoms with Gasteiger partial charge in [0.25, 0.3) is 0 Å². The fraction of sp³-hybridized carbons (Fsp3) is 0.400. The largest absolute Gasteiger partial charge is 0.245 e. The maximum atomic E-state index is 13.9. The topological polar surface area (TPSA) is 36.7 Å². The van der Waals surface area contributed by atoms with E-state index < -0.39 is 5.67 Å². The van der Waals surface area contributed by atoms with Gasteiger partial charge in [-0.25, -0.2) is 9.37 Å². The van der Waals surface area contributed by atoms with Gasteiger partial charge in [0.15, 0.2) is 0 Å². The van der Waals surface area contributed by atoms with Crippen molar-refractivity contribution in [3.8, 4) is 6.07 Å². The smallest absolute Gasteiger partial charge is 0.141 e. The number of hydrogen-bond donors (Lipinski definition) is 0. The van der Waals surface area contributed by atoms with Crippen molar-refractivity contribution < 1.29 is 4.39 Å². The van der Waals surface area contributed by atoms with Crippen LogP contribution in [0.25, 0.3) is 0 Å². The Morgan fingerprint density at radius 1 is 1.57 bits per heavy atom. The zero-order valence-electron chi connectivity index (χ0n) is 7.43. The molecule has 14 heavy (non-hydrogen) atoms. The first-order valence-electron chi connectivity index (χ1n) is 4.41. The first-order chi connectivity index (χ1) is 6.65. The Morgan fingerprint density at radius 2 is 2.29 bits per heavy atom. The zero-order chi connectivity index (χ0) is 10.2. The zero-order valence-corrected chi connectivity index (χ0v) is 8.18. The summed E-state index contributed by atoms with van der Waals surface area (Å²) in [5.74, 6) is 0. The molecule has 0 aromatic carbocycles. The minimum Gasteiger partial charge on any atom is -0.245 e. The predicted molar refractivity (Wildman–Crippen MR) is 50.6 cm³/mol. The SMILES string of the molecule is N#Cc1cc(Cl)c(C2(F)CCC2)cn1. The lowest BCUT2D eigenvalue weighted by atomic mass is 9.77. The Labute approximate surface area is 86.3 Å². The Balaban J connectivity index is 2.41. The average molecular weight is 211 g/mol. The fourth-order valence-electron chi connectivity index (χ4n) is 1.58. The van der Waals surface area contributed by atoms with Crippen LogP contribution in [0.5, 0.6) is 0 Å². The second-order valence-corrected chi connectivity index (χ2v) is 3.89. The van der Waals surface area contributed by atoms with E-state index in [0.717, 1.165) is 6.42 Å². The highest BCUT2D eigenvalue weighted by Crippen LogP contribution is 2.47. The van der Waals surface area contributed by atoms with Crippen LogP contribution in [-0.2, 0) is 5.67 Å². The summed E-state index contributed by atoms with van der Waals surface area (Å²) < 4.78 is 13.9. The molecule has 0 unspecified atom stereocenters. The third kappa shape index (κ3) is 1.36. The van der Waals surface area contributed by atoms with Gasteiger partial charge in [-0.1, -0.05) is 11.6 Å². The van der Waals surface area contributed by atoms with Gasteiger partial charge >= 0.3 is 0 Å². The highest BCUT2D eigenvalue weighted by atomic mass is 35.5. The van der Waals surface area contributed by atoms with Crippen molar-refractivity contribution in [1.82, 2.24) is 4.98 Å². The lowest BCUT2D eigenvalue weighted by Gasteiger charge is -2.34. The molecule has 1 fully saturated rings. The lowest BCUT2D eigenvalue weighted by molar-refractivity contribution is 0.0606. The van der Waals surface area contributed by atoms with E-state index in [1.807, 2.05) is 6.07 Å². The quantitative estimate of drug-likeness (QED) is 0.715. The second-order valence-electron chi connectivity index (χ2n) is 3.48. The molecule has 4 heteroatoms. The van der Waals surface area contributed by atoms with Crippen LogP contribution in [0.1, 0.15) is 30.5 Å². The molecule has 1 aromatic heterocycles. The van der Waals surface area contributed by atoms with Gasteiger partial charge < -0.3 is 0 Å². The van der Waals surface area contributed by atoms with Gasteiger partial charge in [-0.05, 0) is 25.3 Å². The lowest BCUT2D eigenvalue weighted by Crippen LogP contribution is -2.29. The number of pyridine rings is 1. The minimum atomic E-state index is -1.31. The highest BCUT2D eigenvalue weighted by Gasteiger charge is 2.40. The molecule has 2 nitrogen and oxygen atoms in total. The van der Waals surface area contributed by atoms with Gasteiger partial charge in [0, 0.05) is 11.8 Å². The molecular weight excluding hydrogens is 203 g/mol. The molecule has 2 rings (SSSR count). The van der Waals surface area contributed by atoms with E-state index in [2.05, 4.69) is 4.98 Å². The average Bonchev–Trinajstić information content (AvgIpc) is 2.14. The number of nitrogens with zero attached hydrogens (tertiary/aromatic N) is 2. The Hall–Kier alpha value is -1.14. The molecule has 0 spiro atoms. The van der Waals surface area contributed by atoms with Crippen molar-refractivity contribution in [2.45, 2.75) is 24.9 Å². The van der Waals surface area contributed by atoms with Crippen LogP contribution >= 0.6 is 11.6 Å². The molecule has 0 N–H and O–H groups in total.